The minimum atomic E-state index is -0.354. The summed E-state index contributed by atoms with van der Waals surface area (Å²) in [7, 11) is 0. The van der Waals surface area contributed by atoms with Crippen molar-refractivity contribution >= 4 is 24.2 Å². The zero-order valence-electron chi connectivity index (χ0n) is 10.5. The van der Waals surface area contributed by atoms with Crippen molar-refractivity contribution in [1.82, 2.24) is 16.0 Å². The number of rotatable bonds is 3. The van der Waals surface area contributed by atoms with Crippen molar-refractivity contribution < 1.29 is 9.59 Å². The zero-order valence-corrected chi connectivity index (χ0v) is 11.4. The molecule has 1 aliphatic carbocycles. The van der Waals surface area contributed by atoms with Crippen LogP contribution in [-0.2, 0) is 9.59 Å². The van der Waals surface area contributed by atoms with Crippen molar-refractivity contribution in [2.24, 2.45) is 0 Å². The number of carbonyl (C=O) groups is 2. The summed E-state index contributed by atoms with van der Waals surface area (Å²) in [4.78, 5) is 23.3. The molecular formula is C12H22ClN3O2. The quantitative estimate of drug-likeness (QED) is 0.695. The van der Waals surface area contributed by atoms with Crippen LogP contribution in [-0.4, -0.2) is 37.0 Å². The van der Waals surface area contributed by atoms with Gasteiger partial charge in [-0.05, 0) is 12.8 Å². The van der Waals surface area contributed by atoms with Crippen LogP contribution in [0.25, 0.3) is 0 Å². The summed E-state index contributed by atoms with van der Waals surface area (Å²) in [6.07, 6.45) is 6.09. The third-order valence-corrected chi connectivity index (χ3v) is 3.49. The van der Waals surface area contributed by atoms with Gasteiger partial charge in [-0.25, -0.2) is 0 Å². The Morgan fingerprint density at radius 1 is 1.22 bits per heavy atom. The van der Waals surface area contributed by atoms with Gasteiger partial charge >= 0.3 is 0 Å². The summed E-state index contributed by atoms with van der Waals surface area (Å²) >= 11 is 0. The number of hydrogen-bond acceptors (Lipinski definition) is 3. The summed E-state index contributed by atoms with van der Waals surface area (Å²) in [5.74, 6) is -0.0681. The first-order valence-electron chi connectivity index (χ1n) is 6.56. The maximum absolute atomic E-state index is 11.8. The van der Waals surface area contributed by atoms with Crippen molar-refractivity contribution in [3.05, 3.63) is 0 Å². The second-order valence-corrected chi connectivity index (χ2v) is 4.90. The Labute approximate surface area is 114 Å². The molecule has 0 aromatic carbocycles. The molecule has 18 heavy (non-hydrogen) atoms. The van der Waals surface area contributed by atoms with E-state index in [9.17, 15) is 9.59 Å². The van der Waals surface area contributed by atoms with Gasteiger partial charge in [0.15, 0.2) is 0 Å². The fraction of sp³-hybridized carbons (Fsp3) is 0.833. The number of amides is 2. The first-order valence-corrected chi connectivity index (χ1v) is 6.56. The maximum Gasteiger partial charge on any atom is 0.237 e. The average Bonchev–Trinajstić information content (AvgIpc) is 2.33. The molecule has 5 nitrogen and oxygen atoms in total. The summed E-state index contributed by atoms with van der Waals surface area (Å²) in [5, 5.41) is 8.85. The van der Waals surface area contributed by atoms with E-state index in [4.69, 9.17) is 0 Å². The standard InChI is InChI=1S/C12H21N3O2.ClH/c16-11(15-9-4-2-1-3-5-9)8-10-12(17)14-7-6-13-10;/h9-10,13H,1-8H2,(H,14,17)(H,15,16);1H. The van der Waals surface area contributed by atoms with Gasteiger partial charge in [0.05, 0.1) is 12.5 Å². The second kappa shape index (κ2) is 7.59. The predicted molar refractivity (Wildman–Crippen MR) is 71.7 cm³/mol. The molecule has 1 saturated carbocycles. The van der Waals surface area contributed by atoms with Crippen LogP contribution in [0.4, 0.5) is 0 Å². The van der Waals surface area contributed by atoms with E-state index in [0.717, 1.165) is 19.4 Å². The highest BCUT2D eigenvalue weighted by atomic mass is 35.5. The molecule has 2 amide bonds. The topological polar surface area (TPSA) is 70.2 Å². The van der Waals surface area contributed by atoms with Crippen LogP contribution in [0.2, 0.25) is 0 Å². The molecular weight excluding hydrogens is 254 g/mol. The Bertz CT molecular complexity index is 293. The normalized spacial score (nSPS) is 24.9. The van der Waals surface area contributed by atoms with E-state index in [1.54, 1.807) is 0 Å². The van der Waals surface area contributed by atoms with Gasteiger partial charge in [0, 0.05) is 19.1 Å². The molecule has 1 atom stereocenters. The highest BCUT2D eigenvalue weighted by Crippen LogP contribution is 2.17. The van der Waals surface area contributed by atoms with Crippen LogP contribution >= 0.6 is 12.4 Å². The molecule has 0 aromatic heterocycles. The van der Waals surface area contributed by atoms with Crippen LogP contribution in [0.5, 0.6) is 0 Å². The molecule has 3 N–H and O–H groups in total. The molecule has 0 aromatic rings. The SMILES string of the molecule is Cl.O=C(CC1NCCNC1=O)NC1CCCCC1. The minimum absolute atomic E-state index is 0. The highest BCUT2D eigenvalue weighted by molar-refractivity contribution is 5.88. The smallest absolute Gasteiger partial charge is 0.237 e. The number of nitrogens with one attached hydrogen (secondary N) is 3. The van der Waals surface area contributed by atoms with E-state index in [1.165, 1.54) is 19.3 Å². The van der Waals surface area contributed by atoms with E-state index in [0.29, 0.717) is 12.6 Å². The fourth-order valence-corrected chi connectivity index (χ4v) is 2.53. The fourth-order valence-electron chi connectivity index (χ4n) is 2.53. The number of piperazine rings is 1. The summed E-state index contributed by atoms with van der Waals surface area (Å²) in [6.45, 7) is 1.40. The number of halogens is 1. The molecule has 104 valence electrons. The Morgan fingerprint density at radius 2 is 1.94 bits per heavy atom. The Balaban J connectivity index is 0.00000162. The number of carbonyl (C=O) groups excluding carboxylic acids is 2. The molecule has 1 aliphatic heterocycles. The van der Waals surface area contributed by atoms with Crippen LogP contribution in [0.1, 0.15) is 38.5 Å². The molecule has 1 unspecified atom stereocenters. The van der Waals surface area contributed by atoms with Crippen molar-refractivity contribution in [1.29, 1.82) is 0 Å². The van der Waals surface area contributed by atoms with Gasteiger partial charge in [-0.2, -0.15) is 0 Å². The second-order valence-electron chi connectivity index (χ2n) is 4.90. The molecule has 1 heterocycles. The lowest BCUT2D eigenvalue weighted by molar-refractivity contribution is -0.129. The summed E-state index contributed by atoms with van der Waals surface area (Å²) < 4.78 is 0. The lowest BCUT2D eigenvalue weighted by atomic mass is 9.95. The third-order valence-electron chi connectivity index (χ3n) is 3.49. The van der Waals surface area contributed by atoms with Gasteiger partial charge in [0.2, 0.25) is 11.8 Å². The lowest BCUT2D eigenvalue weighted by Gasteiger charge is -2.26. The van der Waals surface area contributed by atoms with Gasteiger partial charge < -0.3 is 16.0 Å². The van der Waals surface area contributed by atoms with E-state index >= 15 is 0 Å². The van der Waals surface area contributed by atoms with E-state index in [2.05, 4.69) is 16.0 Å². The zero-order chi connectivity index (χ0) is 12.1. The van der Waals surface area contributed by atoms with Gasteiger partial charge in [-0.15, -0.1) is 12.4 Å². The molecule has 0 bridgehead atoms. The molecule has 0 radical (unpaired) electrons. The number of hydrogen-bond donors (Lipinski definition) is 3. The van der Waals surface area contributed by atoms with Crippen molar-refractivity contribution in [3.8, 4) is 0 Å². The Hall–Kier alpha value is -0.810. The van der Waals surface area contributed by atoms with E-state index in [1.807, 2.05) is 0 Å². The van der Waals surface area contributed by atoms with Crippen molar-refractivity contribution in [2.75, 3.05) is 13.1 Å². The van der Waals surface area contributed by atoms with E-state index in [-0.39, 0.29) is 36.7 Å². The predicted octanol–water partition coefficient (Wildman–Crippen LogP) is 0.335. The van der Waals surface area contributed by atoms with Gasteiger partial charge in [-0.1, -0.05) is 19.3 Å². The molecule has 0 spiro atoms. The maximum atomic E-state index is 11.8. The molecule has 2 rings (SSSR count). The highest BCUT2D eigenvalue weighted by Gasteiger charge is 2.25. The van der Waals surface area contributed by atoms with Crippen LogP contribution in [0.15, 0.2) is 0 Å². The Morgan fingerprint density at radius 3 is 2.61 bits per heavy atom. The third kappa shape index (κ3) is 4.46. The van der Waals surface area contributed by atoms with Crippen LogP contribution in [0.3, 0.4) is 0 Å². The van der Waals surface area contributed by atoms with Gasteiger partial charge in [-0.3, -0.25) is 9.59 Å². The molecule has 6 heteroatoms. The first-order chi connectivity index (χ1) is 8.25. The molecule has 2 aliphatic rings. The lowest BCUT2D eigenvalue weighted by Crippen LogP contribution is -2.54. The largest absolute Gasteiger partial charge is 0.353 e. The monoisotopic (exact) mass is 275 g/mol. The van der Waals surface area contributed by atoms with Gasteiger partial charge in [0.1, 0.15) is 0 Å². The van der Waals surface area contributed by atoms with Crippen molar-refractivity contribution in [2.45, 2.75) is 50.6 Å². The Kier molecular flexibility index (Phi) is 6.43. The summed E-state index contributed by atoms with van der Waals surface area (Å²) in [5.41, 5.74) is 0. The van der Waals surface area contributed by atoms with Crippen LogP contribution in [0, 0.1) is 0 Å². The van der Waals surface area contributed by atoms with Gasteiger partial charge in [0.25, 0.3) is 0 Å². The minimum Gasteiger partial charge on any atom is -0.353 e. The summed E-state index contributed by atoms with van der Waals surface area (Å²) in [6, 6.07) is -0.0322. The molecule has 1 saturated heterocycles. The van der Waals surface area contributed by atoms with E-state index < -0.39 is 0 Å². The van der Waals surface area contributed by atoms with Crippen molar-refractivity contribution in [3.63, 3.8) is 0 Å². The van der Waals surface area contributed by atoms with Crippen LogP contribution < -0.4 is 16.0 Å². The average molecular weight is 276 g/mol. The first kappa shape index (κ1) is 15.2. The molecule has 2 fully saturated rings.